The fourth-order valence-corrected chi connectivity index (χ4v) is 2.79. The largest absolute Gasteiger partial charge is 0.464 e. The molecule has 0 amide bonds. The summed E-state index contributed by atoms with van der Waals surface area (Å²) in [5, 5.41) is -0.250. The molecule has 0 aliphatic rings. The van der Waals surface area contributed by atoms with Gasteiger partial charge in [0.05, 0.1) is 28.1 Å². The van der Waals surface area contributed by atoms with E-state index in [1.807, 2.05) is 0 Å². The minimum atomic E-state index is -0.825. The summed E-state index contributed by atoms with van der Waals surface area (Å²) >= 11 is 0. The number of ether oxygens (including phenoxy) is 1. The minimum Gasteiger partial charge on any atom is -0.464 e. The maximum atomic E-state index is 12.4. The third-order valence-corrected chi connectivity index (χ3v) is 3.91. The van der Waals surface area contributed by atoms with Gasteiger partial charge in [0.2, 0.25) is 5.91 Å². The number of carbonyl (C=O) groups excluding carboxylic acids is 2. The van der Waals surface area contributed by atoms with Crippen molar-refractivity contribution in [2.24, 2.45) is 0 Å². The summed E-state index contributed by atoms with van der Waals surface area (Å²) in [7, 11) is 0. The maximum absolute atomic E-state index is 12.4. The minimum absolute atomic E-state index is 0.0295. The molecule has 0 N–H and O–H groups in total. The van der Waals surface area contributed by atoms with Gasteiger partial charge in [0.25, 0.3) is 22.2 Å². The second kappa shape index (κ2) is 5.62. The number of carbonyl (C=O) groups is 2. The average molecular weight is 344 g/mol. The first kappa shape index (κ1) is 16.5. The van der Waals surface area contributed by atoms with Crippen LogP contribution in [0.4, 0.5) is 0 Å². The summed E-state index contributed by atoms with van der Waals surface area (Å²) in [5.74, 6) is -1.29. The van der Waals surface area contributed by atoms with Crippen LogP contribution in [0.3, 0.4) is 0 Å². The number of rotatable bonds is 3. The van der Waals surface area contributed by atoms with E-state index in [2.05, 4.69) is 0 Å². The third-order valence-electron chi connectivity index (χ3n) is 3.91. The van der Waals surface area contributed by atoms with E-state index in [9.17, 15) is 28.8 Å². The molecule has 2 aromatic heterocycles. The van der Waals surface area contributed by atoms with Gasteiger partial charge in [-0.3, -0.25) is 33.3 Å². The quantitative estimate of drug-likeness (QED) is 0.566. The molecule has 0 saturated carbocycles. The van der Waals surface area contributed by atoms with Crippen LogP contribution in [0, 0.1) is 0 Å². The molecule has 0 unspecified atom stereocenters. The molecule has 1 aromatic carbocycles. The van der Waals surface area contributed by atoms with Gasteiger partial charge < -0.3 is 4.74 Å². The van der Waals surface area contributed by atoms with Crippen LogP contribution in [-0.2, 0) is 16.1 Å². The van der Waals surface area contributed by atoms with Gasteiger partial charge in [-0.25, -0.2) is 4.57 Å². The standard InChI is InChI=1S/C16H12N2O7/c1-7(19)18-15(23)11-5-9-10(6-12(11)16(18)24)14(22)17(13(9)21)3-4-25-8(2)20/h5-6H,3-4H2,1-2H3. The van der Waals surface area contributed by atoms with Crippen LogP contribution in [0.5, 0.6) is 0 Å². The van der Waals surface area contributed by atoms with Crippen LogP contribution < -0.4 is 22.2 Å². The van der Waals surface area contributed by atoms with Gasteiger partial charge in [-0.15, -0.1) is 0 Å². The predicted octanol–water partition coefficient (Wildman–Crippen LogP) is -0.864. The van der Waals surface area contributed by atoms with Gasteiger partial charge in [0.1, 0.15) is 6.61 Å². The Bertz CT molecular complexity index is 1170. The van der Waals surface area contributed by atoms with Crippen molar-refractivity contribution in [2.45, 2.75) is 20.4 Å². The lowest BCUT2D eigenvalue weighted by molar-refractivity contribution is -0.141. The number of fused-ring (bicyclic) bond motifs is 2. The average Bonchev–Trinajstić information content (AvgIpc) is 2.92. The van der Waals surface area contributed by atoms with Crippen molar-refractivity contribution >= 4 is 33.4 Å². The second-order valence-corrected chi connectivity index (χ2v) is 5.51. The fourth-order valence-electron chi connectivity index (χ4n) is 2.79. The molecule has 0 radical (unpaired) electrons. The van der Waals surface area contributed by atoms with Crippen LogP contribution in [0.1, 0.15) is 18.6 Å². The summed E-state index contributed by atoms with van der Waals surface area (Å²) in [4.78, 5) is 71.3. The number of aromatic nitrogens is 2. The van der Waals surface area contributed by atoms with Crippen LogP contribution >= 0.6 is 0 Å². The Morgan fingerprint density at radius 3 is 1.68 bits per heavy atom. The van der Waals surface area contributed by atoms with E-state index in [1.165, 1.54) is 6.92 Å². The summed E-state index contributed by atoms with van der Waals surface area (Å²) < 4.78 is 6.06. The van der Waals surface area contributed by atoms with Gasteiger partial charge in [-0.2, -0.15) is 0 Å². The van der Waals surface area contributed by atoms with Gasteiger partial charge in [-0.05, 0) is 12.1 Å². The Morgan fingerprint density at radius 1 is 0.840 bits per heavy atom. The Morgan fingerprint density at radius 2 is 1.28 bits per heavy atom. The van der Waals surface area contributed by atoms with E-state index >= 15 is 0 Å². The molecular formula is C16H12N2O7. The summed E-state index contributed by atoms with van der Waals surface area (Å²) in [6.07, 6.45) is 0. The van der Waals surface area contributed by atoms with Crippen molar-refractivity contribution in [3.8, 4) is 0 Å². The molecule has 0 spiro atoms. The lowest BCUT2D eigenvalue weighted by Gasteiger charge is -2.00. The van der Waals surface area contributed by atoms with Crippen molar-refractivity contribution in [2.75, 3.05) is 6.61 Å². The number of nitrogens with zero attached hydrogens (tertiary/aromatic N) is 2. The van der Waals surface area contributed by atoms with E-state index in [0.717, 1.165) is 23.6 Å². The van der Waals surface area contributed by atoms with E-state index in [0.29, 0.717) is 4.57 Å². The molecule has 0 aliphatic carbocycles. The normalized spacial score (nSPS) is 11.3. The lowest BCUT2D eigenvalue weighted by Crippen LogP contribution is -2.30. The van der Waals surface area contributed by atoms with Gasteiger partial charge in [0, 0.05) is 13.8 Å². The molecule has 0 bridgehead atoms. The van der Waals surface area contributed by atoms with Crippen molar-refractivity contribution < 1.29 is 14.3 Å². The molecule has 0 saturated heterocycles. The molecule has 0 aliphatic heterocycles. The molecule has 3 aromatic rings. The summed E-state index contributed by atoms with van der Waals surface area (Å²) in [5.41, 5.74) is -2.96. The van der Waals surface area contributed by atoms with Crippen molar-refractivity contribution in [3.05, 3.63) is 53.5 Å². The van der Waals surface area contributed by atoms with Crippen LogP contribution in [0.15, 0.2) is 31.3 Å². The summed E-state index contributed by atoms with van der Waals surface area (Å²) in [6.45, 7) is 1.97. The smallest absolute Gasteiger partial charge is 0.302 e. The van der Waals surface area contributed by atoms with Gasteiger partial charge >= 0.3 is 5.97 Å². The maximum Gasteiger partial charge on any atom is 0.302 e. The molecular weight excluding hydrogens is 332 g/mol. The topological polar surface area (TPSA) is 122 Å². The molecule has 9 nitrogen and oxygen atoms in total. The van der Waals surface area contributed by atoms with Gasteiger partial charge in [0.15, 0.2) is 0 Å². The van der Waals surface area contributed by atoms with E-state index in [1.54, 1.807) is 0 Å². The highest BCUT2D eigenvalue weighted by Crippen LogP contribution is 2.14. The first-order valence-corrected chi connectivity index (χ1v) is 7.31. The van der Waals surface area contributed by atoms with Crippen molar-refractivity contribution in [3.63, 3.8) is 0 Å². The van der Waals surface area contributed by atoms with Gasteiger partial charge in [-0.1, -0.05) is 0 Å². The zero-order valence-corrected chi connectivity index (χ0v) is 13.3. The van der Waals surface area contributed by atoms with E-state index in [-0.39, 0.29) is 34.7 Å². The zero-order valence-electron chi connectivity index (χ0n) is 13.3. The number of esters is 1. The monoisotopic (exact) mass is 344 g/mol. The van der Waals surface area contributed by atoms with Crippen LogP contribution in [0.2, 0.25) is 0 Å². The first-order chi connectivity index (χ1) is 11.7. The molecule has 3 rings (SSSR count). The number of benzene rings is 1. The lowest BCUT2D eigenvalue weighted by atomic mass is 10.1. The Kier molecular flexibility index (Phi) is 3.71. The molecule has 2 heterocycles. The SMILES string of the molecule is CC(=O)OCCn1c(=O)c2cc3c(=O)n(C(C)=O)c(=O)c3cc2c1=O. The Balaban J connectivity index is 2.27. The van der Waals surface area contributed by atoms with Crippen molar-refractivity contribution in [1.29, 1.82) is 0 Å². The third kappa shape index (κ3) is 2.40. The highest BCUT2D eigenvalue weighted by molar-refractivity contribution is 5.99. The zero-order chi connectivity index (χ0) is 18.5. The highest BCUT2D eigenvalue weighted by Gasteiger charge is 2.20. The molecule has 0 fully saturated rings. The molecule has 25 heavy (non-hydrogen) atoms. The first-order valence-electron chi connectivity index (χ1n) is 7.31. The Labute approximate surface area is 138 Å². The number of hydrogen-bond acceptors (Lipinski definition) is 7. The molecule has 0 atom stereocenters. The molecule has 9 heteroatoms. The van der Waals surface area contributed by atoms with E-state index < -0.39 is 34.1 Å². The fraction of sp³-hybridized carbons (Fsp3) is 0.250. The molecule has 128 valence electrons. The second-order valence-electron chi connectivity index (χ2n) is 5.51. The number of hydrogen-bond donors (Lipinski definition) is 0. The Hall–Kier alpha value is -3.36. The van der Waals surface area contributed by atoms with Crippen LogP contribution in [-0.4, -0.2) is 27.6 Å². The summed E-state index contributed by atoms with van der Waals surface area (Å²) in [6, 6.07) is 2.31. The van der Waals surface area contributed by atoms with Crippen LogP contribution in [0.25, 0.3) is 21.5 Å². The van der Waals surface area contributed by atoms with E-state index in [4.69, 9.17) is 4.74 Å². The predicted molar refractivity (Wildman–Crippen MR) is 87.8 cm³/mol. The highest BCUT2D eigenvalue weighted by atomic mass is 16.5. The van der Waals surface area contributed by atoms with Crippen molar-refractivity contribution in [1.82, 2.24) is 9.13 Å².